The lowest BCUT2D eigenvalue weighted by atomic mass is 10.1. The van der Waals surface area contributed by atoms with Gasteiger partial charge in [-0.25, -0.2) is 0 Å². The Balaban J connectivity index is 1.86. The number of carbonyl (C=O) groups is 2. The smallest absolute Gasteiger partial charge is 0.261 e. The van der Waals surface area contributed by atoms with Crippen molar-refractivity contribution in [1.82, 2.24) is 10.2 Å². The highest BCUT2D eigenvalue weighted by Crippen LogP contribution is 2.26. The van der Waals surface area contributed by atoms with Gasteiger partial charge in [-0.3, -0.25) is 9.59 Å². The monoisotopic (exact) mass is 500 g/mol. The number of nitrogens with one attached hydrogen (secondary N) is 1. The van der Waals surface area contributed by atoms with Crippen LogP contribution >= 0.6 is 23.2 Å². The lowest BCUT2D eigenvalue weighted by Gasteiger charge is -2.33. The Morgan fingerprint density at radius 3 is 2.38 bits per heavy atom. The molecule has 180 valence electrons. The van der Waals surface area contributed by atoms with Crippen LogP contribution in [0, 0.1) is 0 Å². The van der Waals surface area contributed by atoms with Gasteiger partial charge >= 0.3 is 0 Å². The molecule has 0 aromatic heterocycles. The average Bonchev–Trinajstić information content (AvgIpc) is 2.78. The molecule has 0 heterocycles. The third-order valence-corrected chi connectivity index (χ3v) is 6.06. The zero-order valence-electron chi connectivity index (χ0n) is 19.9. The van der Waals surface area contributed by atoms with Crippen molar-refractivity contribution in [1.29, 1.82) is 0 Å². The van der Waals surface area contributed by atoms with Crippen molar-refractivity contribution >= 4 is 45.8 Å². The number of amides is 2. The Labute approximate surface area is 211 Å². The molecular formula is C27H30Cl2N2O3. The van der Waals surface area contributed by atoms with Gasteiger partial charge in [-0.15, -0.1) is 0 Å². The first kappa shape index (κ1) is 25.9. The second-order valence-electron chi connectivity index (χ2n) is 9.20. The number of rotatable bonds is 8. The Hall–Kier alpha value is -2.76. The van der Waals surface area contributed by atoms with Crippen LogP contribution < -0.4 is 10.1 Å². The summed E-state index contributed by atoms with van der Waals surface area (Å²) in [6.45, 7) is 7.61. The number of nitrogens with zero attached hydrogens (tertiary/aromatic N) is 1. The lowest BCUT2D eigenvalue weighted by Crippen LogP contribution is -2.54. The minimum absolute atomic E-state index is 0.199. The van der Waals surface area contributed by atoms with Gasteiger partial charge < -0.3 is 15.0 Å². The van der Waals surface area contributed by atoms with Crippen LogP contribution in [0.5, 0.6) is 5.75 Å². The second-order valence-corrected chi connectivity index (χ2v) is 10.0. The van der Waals surface area contributed by atoms with Gasteiger partial charge in [0.2, 0.25) is 5.91 Å². The van der Waals surface area contributed by atoms with E-state index in [0.717, 1.165) is 16.3 Å². The molecule has 5 nitrogen and oxygen atoms in total. The van der Waals surface area contributed by atoms with Crippen molar-refractivity contribution in [2.45, 2.75) is 52.2 Å². The van der Waals surface area contributed by atoms with E-state index < -0.39 is 11.6 Å². The van der Waals surface area contributed by atoms with Gasteiger partial charge in [0, 0.05) is 17.5 Å². The highest BCUT2D eigenvalue weighted by molar-refractivity contribution is 6.42. The number of hydrogen-bond donors (Lipinski definition) is 1. The van der Waals surface area contributed by atoms with E-state index in [1.165, 1.54) is 0 Å². The Kier molecular flexibility index (Phi) is 8.45. The molecule has 0 aliphatic heterocycles. The molecule has 3 aromatic rings. The van der Waals surface area contributed by atoms with Crippen LogP contribution in [-0.4, -0.2) is 34.9 Å². The number of fused-ring (bicyclic) bond motifs is 1. The van der Waals surface area contributed by atoms with Gasteiger partial charge in [0.15, 0.2) is 6.61 Å². The minimum atomic E-state index is -0.669. The van der Waals surface area contributed by atoms with Crippen molar-refractivity contribution in [2.75, 3.05) is 6.61 Å². The van der Waals surface area contributed by atoms with Gasteiger partial charge in [-0.1, -0.05) is 72.6 Å². The molecule has 1 N–H and O–H groups in total. The van der Waals surface area contributed by atoms with Crippen LogP contribution in [0.4, 0.5) is 0 Å². The van der Waals surface area contributed by atoms with Crippen LogP contribution in [0.1, 0.15) is 39.7 Å². The number of hydrogen-bond acceptors (Lipinski definition) is 3. The summed E-state index contributed by atoms with van der Waals surface area (Å²) < 4.78 is 5.95. The molecule has 7 heteroatoms. The SMILES string of the molecule is CC[C@@H](C(=O)NC(C)(C)C)N(Cc1ccc(Cl)c(Cl)c1)C(=O)COc1cccc2ccccc12. The molecule has 0 aliphatic carbocycles. The summed E-state index contributed by atoms with van der Waals surface area (Å²) in [6.07, 6.45) is 0.448. The summed E-state index contributed by atoms with van der Waals surface area (Å²) in [5.74, 6) is 0.108. The zero-order valence-corrected chi connectivity index (χ0v) is 21.4. The first-order valence-electron chi connectivity index (χ1n) is 11.2. The zero-order chi connectivity index (χ0) is 24.9. The number of carbonyl (C=O) groups excluding carboxylic acids is 2. The summed E-state index contributed by atoms with van der Waals surface area (Å²) in [5.41, 5.74) is 0.345. The molecule has 3 aromatic carbocycles. The molecular weight excluding hydrogens is 471 g/mol. The highest BCUT2D eigenvalue weighted by atomic mass is 35.5. The predicted molar refractivity (Wildman–Crippen MR) is 138 cm³/mol. The molecule has 0 radical (unpaired) electrons. The predicted octanol–water partition coefficient (Wildman–Crippen LogP) is 6.25. The largest absolute Gasteiger partial charge is 0.483 e. The number of halogens is 2. The third-order valence-electron chi connectivity index (χ3n) is 5.32. The van der Waals surface area contributed by atoms with E-state index in [9.17, 15) is 9.59 Å². The van der Waals surface area contributed by atoms with E-state index in [2.05, 4.69) is 5.32 Å². The molecule has 0 unspecified atom stereocenters. The van der Waals surface area contributed by atoms with E-state index in [-0.39, 0.29) is 25.0 Å². The fourth-order valence-corrected chi connectivity index (χ4v) is 4.07. The fraction of sp³-hybridized carbons (Fsp3) is 0.333. The Bertz CT molecular complexity index is 1170. The summed E-state index contributed by atoms with van der Waals surface area (Å²) >= 11 is 12.3. The van der Waals surface area contributed by atoms with E-state index in [4.69, 9.17) is 27.9 Å². The van der Waals surface area contributed by atoms with Crippen molar-refractivity contribution in [3.63, 3.8) is 0 Å². The molecule has 3 rings (SSSR count). The van der Waals surface area contributed by atoms with Crippen molar-refractivity contribution in [3.05, 3.63) is 76.3 Å². The fourth-order valence-electron chi connectivity index (χ4n) is 3.75. The second kappa shape index (κ2) is 11.1. The summed E-state index contributed by atoms with van der Waals surface area (Å²) in [7, 11) is 0. The standard InChI is InChI=1S/C27H30Cl2N2O3/c1-5-23(26(33)30-27(2,3)4)31(16-18-13-14-21(28)22(29)15-18)25(32)17-34-24-12-8-10-19-9-6-7-11-20(19)24/h6-15,23H,5,16-17H2,1-4H3,(H,30,33)/t23-/m0/s1. The first-order chi connectivity index (χ1) is 16.1. The van der Waals surface area contributed by atoms with Gasteiger partial charge in [-0.2, -0.15) is 0 Å². The van der Waals surface area contributed by atoms with Crippen molar-refractivity contribution in [3.8, 4) is 5.75 Å². The van der Waals surface area contributed by atoms with E-state index in [0.29, 0.717) is 22.2 Å². The summed E-state index contributed by atoms with van der Waals surface area (Å²) in [6, 6.07) is 18.1. The molecule has 0 saturated heterocycles. The topological polar surface area (TPSA) is 58.6 Å². The molecule has 2 amide bonds. The maximum Gasteiger partial charge on any atom is 0.261 e. The molecule has 34 heavy (non-hydrogen) atoms. The first-order valence-corrected chi connectivity index (χ1v) is 12.0. The maximum atomic E-state index is 13.4. The molecule has 0 bridgehead atoms. The Morgan fingerprint density at radius 2 is 1.71 bits per heavy atom. The van der Waals surface area contributed by atoms with E-state index in [1.807, 2.05) is 70.2 Å². The van der Waals surface area contributed by atoms with Crippen molar-refractivity contribution < 1.29 is 14.3 Å². The summed E-state index contributed by atoms with van der Waals surface area (Å²) in [4.78, 5) is 28.1. The van der Waals surface area contributed by atoms with Crippen LogP contribution in [0.15, 0.2) is 60.7 Å². The lowest BCUT2D eigenvalue weighted by molar-refractivity contribution is -0.143. The van der Waals surface area contributed by atoms with Gasteiger partial charge in [-0.05, 0) is 56.3 Å². The number of benzene rings is 3. The van der Waals surface area contributed by atoms with Crippen LogP contribution in [0.3, 0.4) is 0 Å². The van der Waals surface area contributed by atoms with Crippen LogP contribution in [-0.2, 0) is 16.1 Å². The maximum absolute atomic E-state index is 13.4. The van der Waals surface area contributed by atoms with Crippen molar-refractivity contribution in [2.24, 2.45) is 0 Å². The number of ether oxygens (including phenoxy) is 1. The Morgan fingerprint density at radius 1 is 1.00 bits per heavy atom. The molecule has 0 spiro atoms. The molecule has 0 aliphatic rings. The molecule has 1 atom stereocenters. The quantitative estimate of drug-likeness (QED) is 0.397. The van der Waals surface area contributed by atoms with Gasteiger partial charge in [0.05, 0.1) is 10.0 Å². The van der Waals surface area contributed by atoms with E-state index in [1.54, 1.807) is 23.1 Å². The van der Waals surface area contributed by atoms with Crippen LogP contribution in [0.25, 0.3) is 10.8 Å². The molecule has 0 saturated carbocycles. The van der Waals surface area contributed by atoms with E-state index >= 15 is 0 Å². The van der Waals surface area contributed by atoms with Gasteiger partial charge in [0.25, 0.3) is 5.91 Å². The average molecular weight is 501 g/mol. The normalized spacial score (nSPS) is 12.3. The highest BCUT2D eigenvalue weighted by Gasteiger charge is 2.31. The molecule has 0 fully saturated rings. The minimum Gasteiger partial charge on any atom is -0.483 e. The summed E-state index contributed by atoms with van der Waals surface area (Å²) in [5, 5.41) is 5.76. The third kappa shape index (κ3) is 6.64. The van der Waals surface area contributed by atoms with Crippen LogP contribution in [0.2, 0.25) is 10.0 Å². The van der Waals surface area contributed by atoms with Gasteiger partial charge in [0.1, 0.15) is 11.8 Å².